The molecule has 2 aliphatic rings. The summed E-state index contributed by atoms with van der Waals surface area (Å²) in [5, 5.41) is 35.4. The Bertz CT molecular complexity index is 913. The van der Waals surface area contributed by atoms with Crippen molar-refractivity contribution in [1.29, 1.82) is 0 Å². The summed E-state index contributed by atoms with van der Waals surface area (Å²) in [5.41, 5.74) is -1.69. The molecule has 1 aromatic heterocycles. The quantitative estimate of drug-likeness (QED) is 0.171. The molecule has 12 nitrogen and oxygen atoms in total. The van der Waals surface area contributed by atoms with Crippen molar-refractivity contribution in [2.24, 2.45) is 5.16 Å². The van der Waals surface area contributed by atoms with Crippen LogP contribution < -0.4 is 5.32 Å². The highest BCUT2D eigenvalue weighted by Crippen LogP contribution is 2.36. The number of carbonyl (C=O) groups is 4. The van der Waals surface area contributed by atoms with Crippen molar-refractivity contribution in [2.75, 3.05) is 5.75 Å². The van der Waals surface area contributed by atoms with Crippen LogP contribution in [0.25, 0.3) is 0 Å². The second-order valence-corrected chi connectivity index (χ2v) is 8.83. The van der Waals surface area contributed by atoms with Gasteiger partial charge in [-0.3, -0.25) is 19.6 Å². The van der Waals surface area contributed by atoms with Gasteiger partial charge in [0.25, 0.3) is 11.8 Å². The minimum absolute atomic E-state index is 0.136. The molecule has 30 heavy (non-hydrogen) atoms. The maximum atomic E-state index is 12.8. The summed E-state index contributed by atoms with van der Waals surface area (Å²) < 4.78 is 0. The van der Waals surface area contributed by atoms with Crippen molar-refractivity contribution in [3.05, 3.63) is 16.1 Å². The van der Waals surface area contributed by atoms with Crippen LogP contribution in [0.5, 0.6) is 0 Å². The van der Waals surface area contributed by atoms with E-state index >= 15 is 0 Å². The van der Waals surface area contributed by atoms with Gasteiger partial charge in [-0.05, 0) is 13.3 Å². The van der Waals surface area contributed by atoms with E-state index in [0.717, 1.165) is 11.8 Å². The Morgan fingerprint density at radius 2 is 2.13 bits per heavy atom. The van der Waals surface area contributed by atoms with Crippen molar-refractivity contribution in [2.45, 2.75) is 43.2 Å². The van der Waals surface area contributed by atoms with Gasteiger partial charge in [0.2, 0.25) is 5.60 Å². The Kier molecular flexibility index (Phi) is 6.28. The Morgan fingerprint density at radius 1 is 1.43 bits per heavy atom. The van der Waals surface area contributed by atoms with E-state index in [1.54, 1.807) is 6.92 Å². The van der Waals surface area contributed by atoms with Crippen LogP contribution >= 0.6 is 23.1 Å². The van der Waals surface area contributed by atoms with Crippen LogP contribution in [0.1, 0.15) is 30.0 Å². The third kappa shape index (κ3) is 4.24. The number of hydrogen-bond acceptors (Lipinski definition) is 10. The Balaban J connectivity index is 1.78. The lowest BCUT2D eigenvalue weighted by molar-refractivity contribution is -0.196. The van der Waals surface area contributed by atoms with Crippen LogP contribution in [0.3, 0.4) is 0 Å². The summed E-state index contributed by atoms with van der Waals surface area (Å²) >= 11 is 1.99. The molecule has 0 bridgehead atoms. The van der Waals surface area contributed by atoms with Crippen molar-refractivity contribution in [3.63, 3.8) is 0 Å². The molecule has 1 saturated carbocycles. The Hall–Kier alpha value is -2.71. The van der Waals surface area contributed by atoms with E-state index in [0.29, 0.717) is 16.5 Å². The highest BCUT2D eigenvalue weighted by Gasteiger charge is 2.50. The lowest BCUT2D eigenvalue weighted by Gasteiger charge is -2.41. The minimum atomic E-state index is -1.51. The number of oxime groups is 1. The molecule has 1 saturated heterocycles. The average molecular weight is 458 g/mol. The lowest BCUT2D eigenvalue weighted by atomic mass is 9.80. The first-order valence-corrected chi connectivity index (χ1v) is 10.7. The van der Waals surface area contributed by atoms with E-state index in [1.807, 2.05) is 0 Å². The van der Waals surface area contributed by atoms with E-state index in [-0.39, 0.29) is 24.2 Å². The molecule has 2 heterocycles. The number of β-lactam (4-membered cyclic amide) rings is 1. The summed E-state index contributed by atoms with van der Waals surface area (Å²) in [6, 6.07) is -1.19. The Morgan fingerprint density at radius 3 is 2.63 bits per heavy atom. The predicted molar refractivity (Wildman–Crippen MR) is 103 cm³/mol. The number of nitrogens with zero attached hydrogens (tertiary/aromatic N) is 3. The molecule has 0 unspecified atom stereocenters. The second-order valence-electron chi connectivity index (χ2n) is 6.67. The summed E-state index contributed by atoms with van der Waals surface area (Å²) in [6.45, 7) is 1.70. The van der Waals surface area contributed by atoms with Crippen molar-refractivity contribution >= 4 is 52.6 Å². The number of carbonyl (C=O) groups excluding carboxylic acids is 2. The smallest absolute Gasteiger partial charge is 0.350 e. The van der Waals surface area contributed by atoms with E-state index in [4.69, 9.17) is 9.94 Å². The molecule has 0 spiro atoms. The fourth-order valence-electron chi connectivity index (χ4n) is 2.77. The number of carboxylic acid groups (broad SMARTS) is 2. The average Bonchev–Trinajstić information content (AvgIpc) is 3.07. The van der Waals surface area contributed by atoms with Gasteiger partial charge in [0.05, 0.1) is 10.8 Å². The van der Waals surface area contributed by atoms with Crippen LogP contribution in [0.15, 0.2) is 10.5 Å². The van der Waals surface area contributed by atoms with Crippen LogP contribution in [-0.2, 0) is 24.0 Å². The zero-order valence-corrected chi connectivity index (χ0v) is 17.2. The summed E-state index contributed by atoms with van der Waals surface area (Å²) in [7, 11) is 0. The van der Waals surface area contributed by atoms with Crippen molar-refractivity contribution in [3.8, 4) is 0 Å². The number of aromatic nitrogens is 1. The number of carboxylic acids is 2. The van der Waals surface area contributed by atoms with Crippen LogP contribution in [0.4, 0.5) is 0 Å². The number of aliphatic carboxylic acids is 2. The first-order chi connectivity index (χ1) is 14.1. The fraction of sp³-hybridized carbons (Fsp3) is 0.500. The molecule has 1 aromatic rings. The standard InChI is InChI=1S/C16H18N4O8S2/c1-7-17-8(5-29-7)10(19-28-16(15(25)26)3-2-4-16)12(23)18-11-13(24)20(27)14(11)30-6-9(21)22/h5,11,14,27H,2-4,6H2,1H3,(H,18,23)(H,21,22)(H,25,26)/b19-10-/t11-,14-/m1/s1. The summed E-state index contributed by atoms with van der Waals surface area (Å²) in [4.78, 5) is 56.3. The van der Waals surface area contributed by atoms with Crippen molar-refractivity contribution in [1.82, 2.24) is 15.4 Å². The Labute approximate surface area is 177 Å². The number of nitrogens with one attached hydrogen (secondary N) is 1. The highest BCUT2D eigenvalue weighted by atomic mass is 32.2. The summed E-state index contributed by atoms with van der Waals surface area (Å²) in [5.74, 6) is -4.42. The number of hydrogen-bond donors (Lipinski definition) is 4. The first kappa shape index (κ1) is 22.0. The number of amides is 2. The molecular weight excluding hydrogens is 440 g/mol. The van der Waals surface area contributed by atoms with Gasteiger partial charge in [-0.2, -0.15) is 0 Å². The van der Waals surface area contributed by atoms with E-state index in [2.05, 4.69) is 15.5 Å². The normalized spacial score (nSPS) is 22.7. The van der Waals surface area contributed by atoms with Gasteiger partial charge in [-0.1, -0.05) is 5.16 Å². The molecule has 1 aliphatic heterocycles. The predicted octanol–water partition coefficient (Wildman–Crippen LogP) is 0.0396. The second kappa shape index (κ2) is 8.57. The highest BCUT2D eigenvalue weighted by molar-refractivity contribution is 8.00. The maximum Gasteiger partial charge on any atom is 0.350 e. The van der Waals surface area contributed by atoms with Crippen LogP contribution in [-0.4, -0.2) is 77.7 Å². The van der Waals surface area contributed by atoms with E-state index < -0.39 is 46.5 Å². The fourth-order valence-corrected chi connectivity index (χ4v) is 4.30. The number of hydroxylamine groups is 2. The molecular formula is C16H18N4O8S2. The molecule has 0 radical (unpaired) electrons. The monoisotopic (exact) mass is 458 g/mol. The number of thiazole rings is 1. The number of thioether (sulfide) groups is 1. The molecule has 2 atom stereocenters. The van der Waals surface area contributed by atoms with Gasteiger partial charge in [0.15, 0.2) is 5.71 Å². The van der Waals surface area contributed by atoms with E-state index in [1.165, 1.54) is 16.7 Å². The van der Waals surface area contributed by atoms with Gasteiger partial charge < -0.3 is 20.4 Å². The van der Waals surface area contributed by atoms with Gasteiger partial charge in [-0.25, -0.2) is 14.8 Å². The van der Waals surface area contributed by atoms with Crippen molar-refractivity contribution < 1.29 is 39.4 Å². The van der Waals surface area contributed by atoms with Crippen LogP contribution in [0.2, 0.25) is 0 Å². The van der Waals surface area contributed by atoms with Gasteiger partial charge in [0, 0.05) is 18.2 Å². The SMILES string of the molecule is Cc1nc(/C(=N/OC2(C(=O)O)CCC2)C(=O)N[C@@H]2C(=O)N(O)[C@@H]2SCC(=O)O)cs1. The third-order valence-electron chi connectivity index (χ3n) is 4.62. The molecule has 2 amide bonds. The number of rotatable bonds is 9. The lowest BCUT2D eigenvalue weighted by Crippen LogP contribution is -2.69. The van der Waals surface area contributed by atoms with Gasteiger partial charge >= 0.3 is 11.9 Å². The molecule has 0 aromatic carbocycles. The largest absolute Gasteiger partial charge is 0.481 e. The molecule has 2 fully saturated rings. The first-order valence-electron chi connectivity index (χ1n) is 8.73. The van der Waals surface area contributed by atoms with Gasteiger partial charge in [-0.15, -0.1) is 23.1 Å². The maximum absolute atomic E-state index is 12.8. The number of aryl methyl sites for hydroxylation is 1. The minimum Gasteiger partial charge on any atom is -0.481 e. The van der Waals surface area contributed by atoms with E-state index in [9.17, 15) is 29.5 Å². The third-order valence-corrected chi connectivity index (χ3v) is 6.62. The zero-order chi connectivity index (χ0) is 22.1. The summed E-state index contributed by atoms with van der Waals surface area (Å²) in [6.07, 6.45) is 1.13. The molecule has 14 heteroatoms. The van der Waals surface area contributed by atoms with Gasteiger partial charge in [0.1, 0.15) is 17.1 Å². The molecule has 4 N–H and O–H groups in total. The molecule has 1 aliphatic carbocycles. The zero-order valence-electron chi connectivity index (χ0n) is 15.6. The topological polar surface area (TPSA) is 179 Å². The molecule has 3 rings (SSSR count). The van der Waals surface area contributed by atoms with Crippen LogP contribution in [0, 0.1) is 6.92 Å². The molecule has 162 valence electrons.